The second-order valence-corrected chi connectivity index (χ2v) is 4.98. The Kier molecular flexibility index (Phi) is 3.84. The van der Waals surface area contributed by atoms with E-state index in [1.807, 2.05) is 26.0 Å². The molecule has 2 aromatic rings. The van der Waals surface area contributed by atoms with Gasteiger partial charge in [0.25, 0.3) is 0 Å². The Morgan fingerprint density at radius 1 is 1.37 bits per heavy atom. The van der Waals surface area contributed by atoms with Crippen molar-refractivity contribution in [3.8, 4) is 0 Å². The number of benzene rings is 1. The SMILES string of the molecule is CCOC(=O)c1cc(C)cc2c(C(C)C)ccnc12. The van der Waals surface area contributed by atoms with Crippen molar-refractivity contribution in [1.82, 2.24) is 4.98 Å². The van der Waals surface area contributed by atoms with E-state index in [1.54, 1.807) is 6.20 Å². The standard InChI is InChI=1S/C16H19NO2/c1-5-19-16(18)14-9-11(4)8-13-12(10(2)3)6-7-17-15(13)14/h6-10H,5H2,1-4H3. The lowest BCUT2D eigenvalue weighted by molar-refractivity contribution is 0.0528. The van der Waals surface area contributed by atoms with Crippen LogP contribution in [0.3, 0.4) is 0 Å². The van der Waals surface area contributed by atoms with Gasteiger partial charge in [0.1, 0.15) is 0 Å². The number of fused-ring (bicyclic) bond motifs is 1. The molecule has 0 atom stereocenters. The lowest BCUT2D eigenvalue weighted by Crippen LogP contribution is -2.07. The van der Waals surface area contributed by atoms with Crippen LogP contribution in [0, 0.1) is 6.92 Å². The minimum atomic E-state index is -0.301. The number of rotatable bonds is 3. The minimum absolute atomic E-state index is 0.301. The van der Waals surface area contributed by atoms with E-state index >= 15 is 0 Å². The van der Waals surface area contributed by atoms with Crippen molar-refractivity contribution < 1.29 is 9.53 Å². The maximum atomic E-state index is 12.0. The topological polar surface area (TPSA) is 39.2 Å². The van der Waals surface area contributed by atoms with Crippen molar-refractivity contribution in [2.75, 3.05) is 6.61 Å². The normalized spacial score (nSPS) is 11.0. The highest BCUT2D eigenvalue weighted by Gasteiger charge is 2.15. The van der Waals surface area contributed by atoms with Crippen molar-refractivity contribution >= 4 is 16.9 Å². The molecule has 0 saturated heterocycles. The first-order valence-electron chi connectivity index (χ1n) is 6.61. The predicted octanol–water partition coefficient (Wildman–Crippen LogP) is 3.84. The number of hydrogen-bond acceptors (Lipinski definition) is 3. The Morgan fingerprint density at radius 2 is 2.11 bits per heavy atom. The lowest BCUT2D eigenvalue weighted by Gasteiger charge is -2.12. The van der Waals surface area contributed by atoms with Crippen LogP contribution in [-0.4, -0.2) is 17.6 Å². The quantitative estimate of drug-likeness (QED) is 0.784. The van der Waals surface area contributed by atoms with Crippen LogP contribution in [0.15, 0.2) is 24.4 Å². The Bertz CT molecular complexity index is 617. The van der Waals surface area contributed by atoms with E-state index in [4.69, 9.17) is 4.74 Å². The predicted molar refractivity (Wildman–Crippen MR) is 76.5 cm³/mol. The molecule has 0 saturated carbocycles. The second-order valence-electron chi connectivity index (χ2n) is 4.98. The maximum absolute atomic E-state index is 12.0. The molecular formula is C16H19NO2. The zero-order valence-electron chi connectivity index (χ0n) is 11.9. The van der Waals surface area contributed by atoms with Crippen LogP contribution < -0.4 is 0 Å². The number of carbonyl (C=O) groups excluding carboxylic acids is 1. The van der Waals surface area contributed by atoms with Gasteiger partial charge in [-0.1, -0.05) is 13.8 Å². The summed E-state index contributed by atoms with van der Waals surface area (Å²) in [4.78, 5) is 16.4. The van der Waals surface area contributed by atoms with Crippen molar-refractivity contribution in [1.29, 1.82) is 0 Å². The average molecular weight is 257 g/mol. The summed E-state index contributed by atoms with van der Waals surface area (Å²) in [5.41, 5.74) is 3.54. The van der Waals surface area contributed by atoms with Gasteiger partial charge in [-0.25, -0.2) is 4.79 Å². The van der Waals surface area contributed by atoms with Gasteiger partial charge in [-0.15, -0.1) is 0 Å². The minimum Gasteiger partial charge on any atom is -0.462 e. The molecule has 0 bridgehead atoms. The fourth-order valence-corrected chi connectivity index (χ4v) is 2.29. The fourth-order valence-electron chi connectivity index (χ4n) is 2.29. The smallest absolute Gasteiger partial charge is 0.340 e. The Balaban J connectivity index is 2.72. The molecule has 100 valence electrons. The molecule has 0 aliphatic heterocycles. The molecule has 3 nitrogen and oxygen atoms in total. The van der Waals surface area contributed by atoms with Crippen LogP contribution in [-0.2, 0) is 4.74 Å². The van der Waals surface area contributed by atoms with Crippen LogP contribution >= 0.6 is 0 Å². The van der Waals surface area contributed by atoms with Gasteiger partial charge in [0.05, 0.1) is 17.7 Å². The van der Waals surface area contributed by atoms with Crippen molar-refractivity contribution in [2.45, 2.75) is 33.6 Å². The van der Waals surface area contributed by atoms with E-state index in [0.29, 0.717) is 18.1 Å². The first-order valence-corrected chi connectivity index (χ1v) is 6.61. The Hall–Kier alpha value is -1.90. The van der Waals surface area contributed by atoms with Crippen molar-refractivity contribution in [3.63, 3.8) is 0 Å². The number of carbonyl (C=O) groups is 1. The molecule has 1 heterocycles. The van der Waals surface area contributed by atoms with Gasteiger partial charge in [-0.05, 0) is 49.1 Å². The molecule has 1 aromatic carbocycles. The highest BCUT2D eigenvalue weighted by atomic mass is 16.5. The van der Waals surface area contributed by atoms with E-state index in [9.17, 15) is 4.79 Å². The number of ether oxygens (including phenoxy) is 1. The molecule has 0 radical (unpaired) electrons. The average Bonchev–Trinajstić information content (AvgIpc) is 2.37. The van der Waals surface area contributed by atoms with Crippen LogP contribution in [0.2, 0.25) is 0 Å². The summed E-state index contributed by atoms with van der Waals surface area (Å²) in [7, 11) is 0. The van der Waals surface area contributed by atoms with Gasteiger partial charge in [0, 0.05) is 11.6 Å². The van der Waals surface area contributed by atoms with Gasteiger partial charge < -0.3 is 4.74 Å². The number of aromatic nitrogens is 1. The number of hydrogen-bond donors (Lipinski definition) is 0. The van der Waals surface area contributed by atoms with Crippen molar-refractivity contribution in [3.05, 3.63) is 41.1 Å². The number of esters is 1. The second kappa shape index (κ2) is 5.39. The van der Waals surface area contributed by atoms with Gasteiger partial charge >= 0.3 is 5.97 Å². The Labute approximate surface area is 113 Å². The van der Waals surface area contributed by atoms with E-state index < -0.39 is 0 Å². The summed E-state index contributed by atoms with van der Waals surface area (Å²) in [6.45, 7) is 8.45. The molecule has 0 N–H and O–H groups in total. The van der Waals surface area contributed by atoms with E-state index in [0.717, 1.165) is 16.5 Å². The molecule has 0 aliphatic carbocycles. The first-order chi connectivity index (χ1) is 9.04. The first kappa shape index (κ1) is 13.5. The highest BCUT2D eigenvalue weighted by molar-refractivity contribution is 6.04. The van der Waals surface area contributed by atoms with Crippen LogP contribution in [0.4, 0.5) is 0 Å². The Morgan fingerprint density at radius 3 is 2.74 bits per heavy atom. The largest absolute Gasteiger partial charge is 0.462 e. The zero-order valence-corrected chi connectivity index (χ0v) is 11.9. The monoisotopic (exact) mass is 257 g/mol. The van der Waals surface area contributed by atoms with E-state index in [-0.39, 0.29) is 5.97 Å². The number of aryl methyl sites for hydroxylation is 1. The fraction of sp³-hybridized carbons (Fsp3) is 0.375. The van der Waals surface area contributed by atoms with Crippen molar-refractivity contribution in [2.24, 2.45) is 0 Å². The molecule has 0 aliphatic rings. The van der Waals surface area contributed by atoms with Gasteiger partial charge in [-0.3, -0.25) is 4.98 Å². The zero-order chi connectivity index (χ0) is 14.0. The number of nitrogens with zero attached hydrogens (tertiary/aromatic N) is 1. The molecule has 1 aromatic heterocycles. The summed E-state index contributed by atoms with van der Waals surface area (Å²) in [5, 5.41) is 1.04. The summed E-state index contributed by atoms with van der Waals surface area (Å²) in [6.07, 6.45) is 1.76. The van der Waals surface area contributed by atoms with Crippen LogP contribution in [0.25, 0.3) is 10.9 Å². The number of pyridine rings is 1. The van der Waals surface area contributed by atoms with Gasteiger partial charge in [0.2, 0.25) is 0 Å². The third kappa shape index (κ3) is 2.60. The van der Waals surface area contributed by atoms with E-state index in [2.05, 4.69) is 24.9 Å². The maximum Gasteiger partial charge on any atom is 0.340 e. The third-order valence-corrected chi connectivity index (χ3v) is 3.14. The summed E-state index contributed by atoms with van der Waals surface area (Å²) in [6, 6.07) is 5.94. The molecular weight excluding hydrogens is 238 g/mol. The lowest BCUT2D eigenvalue weighted by atomic mass is 9.96. The summed E-state index contributed by atoms with van der Waals surface area (Å²) >= 11 is 0. The highest BCUT2D eigenvalue weighted by Crippen LogP contribution is 2.27. The van der Waals surface area contributed by atoms with E-state index in [1.165, 1.54) is 5.56 Å². The molecule has 0 amide bonds. The molecule has 0 unspecified atom stereocenters. The van der Waals surface area contributed by atoms with Gasteiger partial charge in [-0.2, -0.15) is 0 Å². The van der Waals surface area contributed by atoms with Crippen LogP contribution in [0.5, 0.6) is 0 Å². The summed E-state index contributed by atoms with van der Waals surface area (Å²) < 4.78 is 5.11. The third-order valence-electron chi connectivity index (χ3n) is 3.14. The molecule has 0 spiro atoms. The summed E-state index contributed by atoms with van der Waals surface area (Å²) in [5.74, 6) is 0.0898. The molecule has 19 heavy (non-hydrogen) atoms. The molecule has 2 rings (SSSR count). The van der Waals surface area contributed by atoms with Crippen LogP contribution in [0.1, 0.15) is 48.2 Å². The van der Waals surface area contributed by atoms with Gasteiger partial charge in [0.15, 0.2) is 0 Å². The molecule has 0 fully saturated rings. The molecule has 3 heteroatoms.